The van der Waals surface area contributed by atoms with Crippen LogP contribution in [0.25, 0.3) is 0 Å². The molecule has 4 aliphatic rings. The Kier molecular flexibility index (Phi) is 2.03. The zero-order valence-electron chi connectivity index (χ0n) is 10.1. The molecule has 1 heteroatoms. The van der Waals surface area contributed by atoms with Gasteiger partial charge in [0.1, 0.15) is 0 Å². The molecule has 4 rings (SSSR count). The van der Waals surface area contributed by atoms with Crippen molar-refractivity contribution in [1.82, 2.24) is 0 Å². The molecule has 1 N–H and O–H groups in total. The van der Waals surface area contributed by atoms with E-state index in [1.807, 2.05) is 0 Å². The molecule has 0 heterocycles. The fourth-order valence-corrected chi connectivity index (χ4v) is 5.25. The largest absolute Gasteiger partial charge is 0.389 e. The molecule has 0 aromatic carbocycles. The molecule has 0 saturated heterocycles. The minimum Gasteiger partial charge on any atom is -0.389 e. The van der Waals surface area contributed by atoms with Crippen molar-refractivity contribution in [3.63, 3.8) is 0 Å². The Morgan fingerprint density at radius 2 is 1.60 bits per heavy atom. The minimum atomic E-state index is -0.282. The summed E-state index contributed by atoms with van der Waals surface area (Å²) in [7, 11) is 0. The SMILES string of the molecule is CCC12CC3CC(C1)C(O)(CC)C(C3)C2. The molecule has 15 heavy (non-hydrogen) atoms. The molecule has 0 amide bonds. The zero-order chi connectivity index (χ0) is 10.7. The molecular weight excluding hydrogens is 184 g/mol. The summed E-state index contributed by atoms with van der Waals surface area (Å²) < 4.78 is 0. The van der Waals surface area contributed by atoms with Gasteiger partial charge in [0, 0.05) is 0 Å². The van der Waals surface area contributed by atoms with Crippen LogP contribution in [0.3, 0.4) is 0 Å². The Bertz CT molecular complexity index is 255. The second-order valence-corrected chi connectivity index (χ2v) is 6.54. The van der Waals surface area contributed by atoms with Gasteiger partial charge in [-0.1, -0.05) is 20.3 Å². The molecule has 4 bridgehead atoms. The average molecular weight is 208 g/mol. The third-order valence-electron chi connectivity index (χ3n) is 6.05. The molecule has 0 radical (unpaired) electrons. The van der Waals surface area contributed by atoms with Crippen LogP contribution in [0, 0.1) is 23.2 Å². The van der Waals surface area contributed by atoms with Crippen LogP contribution in [-0.2, 0) is 0 Å². The van der Waals surface area contributed by atoms with Gasteiger partial charge in [-0.15, -0.1) is 0 Å². The molecule has 86 valence electrons. The quantitative estimate of drug-likeness (QED) is 0.737. The van der Waals surface area contributed by atoms with Gasteiger partial charge in [0.05, 0.1) is 5.60 Å². The summed E-state index contributed by atoms with van der Waals surface area (Å²) in [5, 5.41) is 10.8. The second kappa shape index (κ2) is 3.00. The summed E-state index contributed by atoms with van der Waals surface area (Å²) in [6.45, 7) is 4.54. The van der Waals surface area contributed by atoms with Crippen LogP contribution in [0.15, 0.2) is 0 Å². The molecule has 0 aromatic rings. The summed E-state index contributed by atoms with van der Waals surface area (Å²) in [5.74, 6) is 2.22. The summed E-state index contributed by atoms with van der Waals surface area (Å²) in [5.41, 5.74) is 0.355. The van der Waals surface area contributed by atoms with Gasteiger partial charge in [0.25, 0.3) is 0 Å². The van der Waals surface area contributed by atoms with Crippen LogP contribution < -0.4 is 0 Å². The highest BCUT2D eigenvalue weighted by Crippen LogP contribution is 2.65. The highest BCUT2D eigenvalue weighted by atomic mass is 16.3. The third-order valence-corrected chi connectivity index (χ3v) is 6.05. The predicted octanol–water partition coefficient (Wildman–Crippen LogP) is 3.36. The van der Waals surface area contributed by atoms with Gasteiger partial charge in [-0.2, -0.15) is 0 Å². The van der Waals surface area contributed by atoms with Crippen molar-refractivity contribution in [3.05, 3.63) is 0 Å². The van der Waals surface area contributed by atoms with Crippen LogP contribution >= 0.6 is 0 Å². The van der Waals surface area contributed by atoms with Crippen LogP contribution in [0.4, 0.5) is 0 Å². The number of rotatable bonds is 2. The normalized spacial score (nSPS) is 57.4. The van der Waals surface area contributed by atoms with Crippen molar-refractivity contribution in [1.29, 1.82) is 0 Å². The number of aliphatic hydroxyl groups is 1. The van der Waals surface area contributed by atoms with E-state index >= 15 is 0 Å². The first-order chi connectivity index (χ1) is 7.12. The van der Waals surface area contributed by atoms with Gasteiger partial charge in [-0.05, 0) is 61.7 Å². The monoisotopic (exact) mass is 208 g/mol. The number of hydrogen-bond acceptors (Lipinski definition) is 1. The van der Waals surface area contributed by atoms with Crippen molar-refractivity contribution in [2.45, 2.75) is 64.4 Å². The zero-order valence-corrected chi connectivity index (χ0v) is 10.1. The van der Waals surface area contributed by atoms with E-state index in [1.165, 1.54) is 38.5 Å². The maximum absolute atomic E-state index is 10.8. The molecule has 1 nitrogen and oxygen atoms in total. The van der Waals surface area contributed by atoms with Crippen LogP contribution in [0.2, 0.25) is 0 Å². The maximum atomic E-state index is 10.8. The Labute approximate surface area is 93.3 Å². The van der Waals surface area contributed by atoms with Crippen molar-refractivity contribution < 1.29 is 5.11 Å². The van der Waals surface area contributed by atoms with Crippen molar-refractivity contribution in [3.8, 4) is 0 Å². The topological polar surface area (TPSA) is 20.2 Å². The fraction of sp³-hybridized carbons (Fsp3) is 1.00. The summed E-state index contributed by atoms with van der Waals surface area (Å²) in [6, 6.07) is 0. The standard InChI is InChI=1S/C14H24O/c1-3-13-7-10-5-11(8-13)14(15,4-2)12(6-10)9-13/h10-12,15H,3-9H2,1-2H3. The molecule has 0 aliphatic heterocycles. The lowest BCUT2D eigenvalue weighted by molar-refractivity contribution is -0.203. The molecule has 0 aromatic heterocycles. The van der Waals surface area contributed by atoms with Crippen molar-refractivity contribution >= 4 is 0 Å². The van der Waals surface area contributed by atoms with Gasteiger partial charge < -0.3 is 5.11 Å². The van der Waals surface area contributed by atoms with Crippen LogP contribution in [0.5, 0.6) is 0 Å². The maximum Gasteiger partial charge on any atom is 0.0701 e. The van der Waals surface area contributed by atoms with E-state index in [4.69, 9.17) is 0 Å². The lowest BCUT2D eigenvalue weighted by atomic mass is 9.43. The highest BCUT2D eigenvalue weighted by Gasteiger charge is 2.60. The average Bonchev–Trinajstić information content (AvgIpc) is 2.25. The Morgan fingerprint density at radius 3 is 2.07 bits per heavy atom. The Hall–Kier alpha value is -0.0400. The van der Waals surface area contributed by atoms with Gasteiger partial charge in [-0.3, -0.25) is 0 Å². The molecule has 4 saturated carbocycles. The number of hydrogen-bond donors (Lipinski definition) is 1. The van der Waals surface area contributed by atoms with Crippen LogP contribution in [-0.4, -0.2) is 10.7 Å². The van der Waals surface area contributed by atoms with Gasteiger partial charge in [0.2, 0.25) is 0 Å². The van der Waals surface area contributed by atoms with Crippen molar-refractivity contribution in [2.24, 2.45) is 23.2 Å². The predicted molar refractivity (Wildman–Crippen MR) is 61.5 cm³/mol. The minimum absolute atomic E-state index is 0.282. The van der Waals surface area contributed by atoms with Gasteiger partial charge in [0.15, 0.2) is 0 Å². The molecule has 2 atom stereocenters. The van der Waals surface area contributed by atoms with E-state index < -0.39 is 0 Å². The van der Waals surface area contributed by atoms with Crippen molar-refractivity contribution in [2.75, 3.05) is 0 Å². The second-order valence-electron chi connectivity index (χ2n) is 6.54. The van der Waals surface area contributed by atoms with E-state index in [-0.39, 0.29) is 5.60 Å². The Morgan fingerprint density at radius 1 is 1.00 bits per heavy atom. The molecule has 4 aliphatic carbocycles. The summed E-state index contributed by atoms with van der Waals surface area (Å²) in [4.78, 5) is 0. The summed E-state index contributed by atoms with van der Waals surface area (Å²) >= 11 is 0. The Balaban J connectivity index is 1.94. The molecule has 4 fully saturated rings. The highest BCUT2D eigenvalue weighted by molar-refractivity contribution is 5.10. The van der Waals surface area contributed by atoms with Gasteiger partial charge in [-0.25, -0.2) is 0 Å². The first-order valence-electron chi connectivity index (χ1n) is 6.84. The smallest absolute Gasteiger partial charge is 0.0701 e. The van der Waals surface area contributed by atoms with E-state index in [0.29, 0.717) is 17.3 Å². The van der Waals surface area contributed by atoms with Gasteiger partial charge >= 0.3 is 0 Å². The lowest BCUT2D eigenvalue weighted by Gasteiger charge is -2.63. The fourth-order valence-electron chi connectivity index (χ4n) is 5.25. The summed E-state index contributed by atoms with van der Waals surface area (Å²) in [6.07, 6.45) is 9.08. The van der Waals surface area contributed by atoms with E-state index in [0.717, 1.165) is 12.3 Å². The first kappa shape index (κ1) is 10.1. The molecule has 0 spiro atoms. The van der Waals surface area contributed by atoms with E-state index in [1.54, 1.807) is 0 Å². The van der Waals surface area contributed by atoms with Crippen LogP contribution in [0.1, 0.15) is 58.8 Å². The molecule has 2 unspecified atom stereocenters. The lowest BCUT2D eigenvalue weighted by Crippen LogP contribution is -2.60. The molecular formula is C14H24O. The first-order valence-corrected chi connectivity index (χ1v) is 6.84. The van der Waals surface area contributed by atoms with E-state index in [2.05, 4.69) is 13.8 Å². The van der Waals surface area contributed by atoms with E-state index in [9.17, 15) is 5.11 Å². The third kappa shape index (κ3) is 1.19.